The SMILES string of the molecule is CCCC(=N)c1c[c]cc(C(F)(F)F)c1. The van der Waals surface area contributed by atoms with Gasteiger partial charge in [-0.15, -0.1) is 0 Å². The smallest absolute Gasteiger partial charge is 0.305 e. The molecule has 0 heterocycles. The first kappa shape index (κ1) is 11.8. The second-order valence-corrected chi connectivity index (χ2v) is 3.24. The molecule has 0 spiro atoms. The first-order valence-corrected chi connectivity index (χ1v) is 4.61. The summed E-state index contributed by atoms with van der Waals surface area (Å²) in [5, 5.41) is 7.54. The molecule has 1 aromatic rings. The van der Waals surface area contributed by atoms with Crippen LogP contribution in [0.2, 0.25) is 0 Å². The normalized spacial score (nSPS) is 11.5. The van der Waals surface area contributed by atoms with E-state index in [0.717, 1.165) is 18.6 Å². The number of hydrogen-bond donors (Lipinski definition) is 1. The van der Waals surface area contributed by atoms with E-state index in [1.165, 1.54) is 6.07 Å². The summed E-state index contributed by atoms with van der Waals surface area (Å²) < 4.78 is 37.0. The van der Waals surface area contributed by atoms with Crippen LogP contribution in [-0.4, -0.2) is 5.71 Å². The summed E-state index contributed by atoms with van der Waals surface area (Å²) in [7, 11) is 0. The molecule has 0 saturated heterocycles. The van der Waals surface area contributed by atoms with Crippen LogP contribution in [0, 0.1) is 11.5 Å². The lowest BCUT2D eigenvalue weighted by molar-refractivity contribution is -0.137. The summed E-state index contributed by atoms with van der Waals surface area (Å²) in [4.78, 5) is 0. The Morgan fingerprint density at radius 3 is 2.60 bits per heavy atom. The highest BCUT2D eigenvalue weighted by Gasteiger charge is 2.30. The summed E-state index contributed by atoms with van der Waals surface area (Å²) in [5.41, 5.74) is -0.229. The lowest BCUT2D eigenvalue weighted by Gasteiger charge is -2.08. The number of alkyl halides is 3. The summed E-state index contributed by atoms with van der Waals surface area (Å²) in [6, 6.07) is 5.71. The van der Waals surface area contributed by atoms with Crippen molar-refractivity contribution in [2.75, 3.05) is 0 Å². The molecule has 1 radical (unpaired) electrons. The fourth-order valence-electron chi connectivity index (χ4n) is 1.20. The van der Waals surface area contributed by atoms with Crippen molar-refractivity contribution in [2.24, 2.45) is 0 Å². The molecule has 0 aromatic heterocycles. The highest BCUT2D eigenvalue weighted by molar-refractivity contribution is 5.98. The maximum atomic E-state index is 12.3. The maximum Gasteiger partial charge on any atom is 0.416 e. The van der Waals surface area contributed by atoms with E-state index >= 15 is 0 Å². The Bertz CT molecular complexity index is 355. The van der Waals surface area contributed by atoms with E-state index in [0.29, 0.717) is 12.0 Å². The van der Waals surface area contributed by atoms with Crippen LogP contribution < -0.4 is 0 Å². The van der Waals surface area contributed by atoms with Crippen molar-refractivity contribution in [1.82, 2.24) is 0 Å². The summed E-state index contributed by atoms with van der Waals surface area (Å²) in [5.74, 6) is 0. The van der Waals surface area contributed by atoms with Crippen LogP contribution in [0.1, 0.15) is 30.9 Å². The topological polar surface area (TPSA) is 23.9 Å². The molecule has 0 unspecified atom stereocenters. The summed E-state index contributed by atoms with van der Waals surface area (Å²) in [6.45, 7) is 1.88. The Labute approximate surface area is 86.4 Å². The molecule has 4 heteroatoms. The lowest BCUT2D eigenvalue weighted by Crippen LogP contribution is -2.07. The maximum absolute atomic E-state index is 12.3. The van der Waals surface area contributed by atoms with Gasteiger partial charge in [0.15, 0.2) is 0 Å². The number of halogens is 3. The highest BCUT2D eigenvalue weighted by atomic mass is 19.4. The third kappa shape index (κ3) is 3.08. The van der Waals surface area contributed by atoms with Crippen LogP contribution >= 0.6 is 0 Å². The molecule has 0 saturated carbocycles. The zero-order valence-corrected chi connectivity index (χ0v) is 8.28. The van der Waals surface area contributed by atoms with Gasteiger partial charge >= 0.3 is 6.18 Å². The van der Waals surface area contributed by atoms with Gasteiger partial charge < -0.3 is 5.41 Å². The fraction of sp³-hybridized carbons (Fsp3) is 0.364. The molecule has 0 aliphatic rings. The monoisotopic (exact) mass is 214 g/mol. The zero-order valence-electron chi connectivity index (χ0n) is 8.28. The quantitative estimate of drug-likeness (QED) is 0.742. The van der Waals surface area contributed by atoms with Crippen LogP contribution in [0.3, 0.4) is 0 Å². The lowest BCUT2D eigenvalue weighted by atomic mass is 10.0. The largest absolute Gasteiger partial charge is 0.416 e. The molecule has 15 heavy (non-hydrogen) atoms. The van der Waals surface area contributed by atoms with E-state index < -0.39 is 11.7 Å². The first-order valence-electron chi connectivity index (χ1n) is 4.61. The number of benzene rings is 1. The van der Waals surface area contributed by atoms with Crippen LogP contribution in [0.4, 0.5) is 13.2 Å². The Morgan fingerprint density at radius 1 is 1.40 bits per heavy atom. The van der Waals surface area contributed by atoms with Gasteiger partial charge in [-0.05, 0) is 36.2 Å². The van der Waals surface area contributed by atoms with Crippen molar-refractivity contribution < 1.29 is 13.2 Å². The molecule has 0 aliphatic heterocycles. The van der Waals surface area contributed by atoms with Crippen molar-refractivity contribution in [2.45, 2.75) is 25.9 Å². The van der Waals surface area contributed by atoms with E-state index in [4.69, 9.17) is 5.41 Å². The molecule has 0 fully saturated rings. The van der Waals surface area contributed by atoms with Gasteiger partial charge in [0, 0.05) is 5.71 Å². The van der Waals surface area contributed by atoms with Gasteiger partial charge in [0.25, 0.3) is 0 Å². The van der Waals surface area contributed by atoms with Crippen molar-refractivity contribution in [1.29, 1.82) is 5.41 Å². The molecule has 0 bridgehead atoms. The molecule has 0 atom stereocenters. The van der Waals surface area contributed by atoms with Crippen LogP contribution in [-0.2, 0) is 6.18 Å². The third-order valence-corrected chi connectivity index (χ3v) is 1.96. The summed E-state index contributed by atoms with van der Waals surface area (Å²) in [6.07, 6.45) is -3.14. The molecule has 1 aromatic carbocycles. The second kappa shape index (κ2) is 4.47. The van der Waals surface area contributed by atoms with Crippen molar-refractivity contribution in [3.05, 3.63) is 35.4 Å². The Morgan fingerprint density at radius 2 is 2.07 bits per heavy atom. The minimum Gasteiger partial charge on any atom is -0.305 e. The third-order valence-electron chi connectivity index (χ3n) is 1.96. The van der Waals surface area contributed by atoms with Gasteiger partial charge in [0.2, 0.25) is 0 Å². The second-order valence-electron chi connectivity index (χ2n) is 3.24. The average Bonchev–Trinajstić information content (AvgIpc) is 2.17. The highest BCUT2D eigenvalue weighted by Crippen LogP contribution is 2.29. The van der Waals surface area contributed by atoms with E-state index in [2.05, 4.69) is 6.07 Å². The van der Waals surface area contributed by atoms with Gasteiger partial charge in [0.05, 0.1) is 5.56 Å². The van der Waals surface area contributed by atoms with Gasteiger partial charge in [-0.2, -0.15) is 13.2 Å². The fourth-order valence-corrected chi connectivity index (χ4v) is 1.20. The Hall–Kier alpha value is -1.32. The van der Waals surface area contributed by atoms with Crippen LogP contribution in [0.15, 0.2) is 18.2 Å². The number of nitrogens with one attached hydrogen (secondary N) is 1. The standard InChI is InChI=1S/C11H11F3N/c1-2-4-10(15)8-5-3-6-9(7-8)11(12,13)14/h5-7,15H,2,4H2,1H3. The average molecular weight is 214 g/mol. The van der Waals surface area contributed by atoms with E-state index in [9.17, 15) is 13.2 Å². The van der Waals surface area contributed by atoms with E-state index in [1.54, 1.807) is 0 Å². The molecule has 0 amide bonds. The van der Waals surface area contributed by atoms with Gasteiger partial charge in [-0.25, -0.2) is 0 Å². The van der Waals surface area contributed by atoms with Crippen molar-refractivity contribution in [3.8, 4) is 0 Å². The molecule has 0 aliphatic carbocycles. The van der Waals surface area contributed by atoms with Crippen molar-refractivity contribution >= 4 is 5.71 Å². The zero-order chi connectivity index (χ0) is 11.5. The molecule has 1 N–H and O–H groups in total. The molecule has 81 valence electrons. The molecule has 1 rings (SSSR count). The number of rotatable bonds is 3. The van der Waals surface area contributed by atoms with E-state index in [-0.39, 0.29) is 5.71 Å². The van der Waals surface area contributed by atoms with Gasteiger partial charge in [-0.1, -0.05) is 13.3 Å². The molecular formula is C11H11F3N. The Balaban J connectivity index is 2.98. The van der Waals surface area contributed by atoms with E-state index in [1.807, 2.05) is 6.92 Å². The first-order chi connectivity index (χ1) is 6.95. The molecule has 1 nitrogen and oxygen atoms in total. The minimum atomic E-state index is -4.36. The van der Waals surface area contributed by atoms with Gasteiger partial charge in [-0.3, -0.25) is 0 Å². The predicted octanol–water partition coefficient (Wildman–Crippen LogP) is 3.67. The van der Waals surface area contributed by atoms with Crippen LogP contribution in [0.25, 0.3) is 0 Å². The minimum absolute atomic E-state index is 0.222. The predicted molar refractivity (Wildman–Crippen MR) is 52.0 cm³/mol. The Kier molecular flexibility index (Phi) is 3.50. The van der Waals surface area contributed by atoms with Crippen LogP contribution in [0.5, 0.6) is 0 Å². The van der Waals surface area contributed by atoms with Crippen molar-refractivity contribution in [3.63, 3.8) is 0 Å². The van der Waals surface area contributed by atoms with Gasteiger partial charge in [0.1, 0.15) is 0 Å². The summed E-state index contributed by atoms with van der Waals surface area (Å²) >= 11 is 0. The number of hydrogen-bond acceptors (Lipinski definition) is 1. The molecular weight excluding hydrogens is 203 g/mol.